The van der Waals surface area contributed by atoms with Gasteiger partial charge in [0.2, 0.25) is 0 Å². The molecule has 4 rings (SSSR count). The molecule has 6 heteroatoms. The summed E-state index contributed by atoms with van der Waals surface area (Å²) in [5.74, 6) is 0.270. The molecular formula is C19H19N3O3. The molecule has 2 aromatic rings. The maximum absolute atomic E-state index is 12.8. The van der Waals surface area contributed by atoms with Crippen LogP contribution < -0.4 is 5.56 Å². The first-order valence-electron chi connectivity index (χ1n) is 8.62. The third-order valence-corrected chi connectivity index (χ3v) is 5.04. The molecule has 0 aliphatic carbocycles. The van der Waals surface area contributed by atoms with Crippen molar-refractivity contribution in [3.8, 4) is 0 Å². The highest BCUT2D eigenvalue weighted by Crippen LogP contribution is 2.22. The Hall–Kier alpha value is -2.76. The number of aromatic nitrogens is 2. The minimum Gasteiger partial charge on any atom is -0.296 e. The van der Waals surface area contributed by atoms with Gasteiger partial charge in [-0.05, 0) is 38.3 Å². The smallest absolute Gasteiger partial charge is 0.261 e. The summed E-state index contributed by atoms with van der Waals surface area (Å²) in [6.45, 7) is 2.72. The standard InChI is InChI=1S/C19H19N3O3/c1-12-13(17(23)21-10-5-4-8-16(21)20-12)9-11-22-18(24)14-6-2-3-7-15(14)19(22)25/h2-3,6-7H,4-5,8-11H2,1H3. The van der Waals surface area contributed by atoms with Crippen LogP contribution in [-0.4, -0.2) is 32.8 Å². The fourth-order valence-corrected chi connectivity index (χ4v) is 3.68. The van der Waals surface area contributed by atoms with Crippen LogP contribution in [0.15, 0.2) is 29.1 Å². The van der Waals surface area contributed by atoms with E-state index in [9.17, 15) is 14.4 Å². The van der Waals surface area contributed by atoms with Crippen LogP contribution in [0.5, 0.6) is 0 Å². The summed E-state index contributed by atoms with van der Waals surface area (Å²) in [6, 6.07) is 6.82. The Kier molecular flexibility index (Phi) is 3.75. The zero-order valence-electron chi connectivity index (χ0n) is 14.1. The lowest BCUT2D eigenvalue weighted by molar-refractivity contribution is 0.0656. The van der Waals surface area contributed by atoms with Gasteiger partial charge in [0, 0.05) is 30.8 Å². The van der Waals surface area contributed by atoms with Gasteiger partial charge in [0.15, 0.2) is 0 Å². The van der Waals surface area contributed by atoms with Gasteiger partial charge in [-0.15, -0.1) is 0 Å². The first-order valence-corrected chi connectivity index (χ1v) is 8.62. The van der Waals surface area contributed by atoms with Crippen molar-refractivity contribution in [2.75, 3.05) is 6.54 Å². The number of carbonyl (C=O) groups excluding carboxylic acids is 2. The normalized spacial score (nSPS) is 16.1. The van der Waals surface area contributed by atoms with E-state index in [0.29, 0.717) is 35.3 Å². The van der Waals surface area contributed by atoms with Crippen LogP contribution in [0.1, 0.15) is 50.6 Å². The molecule has 0 fully saturated rings. The van der Waals surface area contributed by atoms with Gasteiger partial charge in [-0.2, -0.15) is 0 Å². The molecule has 1 aromatic carbocycles. The van der Waals surface area contributed by atoms with Gasteiger partial charge in [0.05, 0.1) is 11.1 Å². The Balaban J connectivity index is 1.60. The summed E-state index contributed by atoms with van der Waals surface area (Å²) in [5, 5.41) is 0. The molecule has 0 radical (unpaired) electrons. The van der Waals surface area contributed by atoms with Crippen molar-refractivity contribution in [2.45, 2.75) is 39.2 Å². The number of rotatable bonds is 3. The van der Waals surface area contributed by atoms with Crippen molar-refractivity contribution in [3.63, 3.8) is 0 Å². The van der Waals surface area contributed by atoms with Crippen molar-refractivity contribution in [2.24, 2.45) is 0 Å². The molecule has 0 saturated heterocycles. The third-order valence-electron chi connectivity index (χ3n) is 5.04. The molecule has 0 bridgehead atoms. The first kappa shape index (κ1) is 15.7. The molecule has 6 nitrogen and oxygen atoms in total. The molecule has 25 heavy (non-hydrogen) atoms. The Labute approximate surface area is 145 Å². The second-order valence-corrected chi connectivity index (χ2v) is 6.56. The van der Waals surface area contributed by atoms with E-state index in [1.807, 2.05) is 6.92 Å². The zero-order valence-corrected chi connectivity index (χ0v) is 14.1. The van der Waals surface area contributed by atoms with E-state index in [4.69, 9.17) is 0 Å². The lowest BCUT2D eigenvalue weighted by atomic mass is 10.1. The second kappa shape index (κ2) is 5.95. The topological polar surface area (TPSA) is 72.3 Å². The number of hydrogen-bond donors (Lipinski definition) is 0. The van der Waals surface area contributed by atoms with Gasteiger partial charge >= 0.3 is 0 Å². The van der Waals surface area contributed by atoms with E-state index in [2.05, 4.69) is 4.98 Å². The van der Waals surface area contributed by atoms with Gasteiger partial charge in [-0.3, -0.25) is 23.9 Å². The number of amides is 2. The monoisotopic (exact) mass is 337 g/mol. The molecule has 0 saturated carbocycles. The highest BCUT2D eigenvalue weighted by molar-refractivity contribution is 6.21. The molecule has 128 valence electrons. The molecule has 0 unspecified atom stereocenters. The number of carbonyl (C=O) groups is 2. The van der Waals surface area contributed by atoms with Gasteiger partial charge < -0.3 is 0 Å². The van der Waals surface area contributed by atoms with Crippen molar-refractivity contribution in [1.29, 1.82) is 0 Å². The molecular weight excluding hydrogens is 318 g/mol. The third kappa shape index (κ3) is 2.49. The van der Waals surface area contributed by atoms with Crippen LogP contribution in [0.4, 0.5) is 0 Å². The van der Waals surface area contributed by atoms with E-state index in [1.165, 1.54) is 4.90 Å². The predicted octanol–water partition coefficient (Wildman–Crippen LogP) is 1.73. The average molecular weight is 337 g/mol. The highest BCUT2D eigenvalue weighted by Gasteiger charge is 2.35. The molecule has 2 aliphatic heterocycles. The fourth-order valence-electron chi connectivity index (χ4n) is 3.68. The minimum absolute atomic E-state index is 0.0289. The minimum atomic E-state index is -0.288. The van der Waals surface area contributed by atoms with Crippen molar-refractivity contribution in [3.05, 3.63) is 62.8 Å². The lowest BCUT2D eigenvalue weighted by Crippen LogP contribution is -2.36. The van der Waals surface area contributed by atoms with Crippen molar-refractivity contribution < 1.29 is 9.59 Å². The second-order valence-electron chi connectivity index (χ2n) is 6.56. The number of nitrogens with zero attached hydrogens (tertiary/aromatic N) is 3. The van der Waals surface area contributed by atoms with Gasteiger partial charge in [0.25, 0.3) is 17.4 Å². The van der Waals surface area contributed by atoms with Gasteiger partial charge in [-0.25, -0.2) is 4.98 Å². The molecule has 0 spiro atoms. The van der Waals surface area contributed by atoms with E-state index in [1.54, 1.807) is 28.8 Å². The lowest BCUT2D eigenvalue weighted by Gasteiger charge is -2.20. The molecule has 2 amide bonds. The van der Waals surface area contributed by atoms with E-state index in [-0.39, 0.29) is 23.9 Å². The number of fused-ring (bicyclic) bond motifs is 2. The Bertz CT molecular complexity index is 910. The maximum Gasteiger partial charge on any atom is 0.261 e. The Morgan fingerprint density at radius 1 is 1.04 bits per heavy atom. The predicted molar refractivity (Wildman–Crippen MR) is 91.7 cm³/mol. The molecule has 3 heterocycles. The van der Waals surface area contributed by atoms with Gasteiger partial charge in [0.1, 0.15) is 5.82 Å². The SMILES string of the molecule is Cc1nc2n(c(=O)c1CCN1C(=O)c3ccccc3C1=O)CCCC2. The summed E-state index contributed by atoms with van der Waals surface area (Å²) >= 11 is 0. The summed E-state index contributed by atoms with van der Waals surface area (Å²) < 4.78 is 1.74. The Morgan fingerprint density at radius 2 is 1.72 bits per heavy atom. The van der Waals surface area contributed by atoms with Gasteiger partial charge in [-0.1, -0.05) is 12.1 Å². The zero-order chi connectivity index (χ0) is 17.6. The summed E-state index contributed by atoms with van der Waals surface area (Å²) in [4.78, 5) is 43.4. The van der Waals surface area contributed by atoms with E-state index in [0.717, 1.165) is 25.1 Å². The van der Waals surface area contributed by atoms with Crippen LogP contribution >= 0.6 is 0 Å². The van der Waals surface area contributed by atoms with E-state index < -0.39 is 0 Å². The highest BCUT2D eigenvalue weighted by atomic mass is 16.2. The number of benzene rings is 1. The Morgan fingerprint density at radius 3 is 2.40 bits per heavy atom. The molecule has 2 aliphatic rings. The summed E-state index contributed by atoms with van der Waals surface area (Å²) in [7, 11) is 0. The van der Waals surface area contributed by atoms with Crippen LogP contribution in [-0.2, 0) is 19.4 Å². The number of imide groups is 1. The van der Waals surface area contributed by atoms with E-state index >= 15 is 0 Å². The summed E-state index contributed by atoms with van der Waals surface area (Å²) in [5.41, 5.74) is 2.14. The maximum atomic E-state index is 12.8. The van der Waals surface area contributed by atoms with Crippen LogP contribution in [0, 0.1) is 6.92 Å². The number of aryl methyl sites for hydroxylation is 2. The average Bonchev–Trinajstić information content (AvgIpc) is 2.86. The largest absolute Gasteiger partial charge is 0.296 e. The van der Waals surface area contributed by atoms with Crippen LogP contribution in [0.3, 0.4) is 0 Å². The molecule has 0 N–H and O–H groups in total. The summed E-state index contributed by atoms with van der Waals surface area (Å²) in [6.07, 6.45) is 3.20. The van der Waals surface area contributed by atoms with Crippen LogP contribution in [0.25, 0.3) is 0 Å². The van der Waals surface area contributed by atoms with Crippen LogP contribution in [0.2, 0.25) is 0 Å². The van der Waals surface area contributed by atoms with Crippen molar-refractivity contribution in [1.82, 2.24) is 14.5 Å². The number of hydrogen-bond acceptors (Lipinski definition) is 4. The first-order chi connectivity index (χ1) is 12.1. The fraction of sp³-hybridized carbons (Fsp3) is 0.368. The van der Waals surface area contributed by atoms with Crippen molar-refractivity contribution >= 4 is 11.8 Å². The molecule has 0 atom stereocenters. The quantitative estimate of drug-likeness (QED) is 0.800. The molecule has 1 aromatic heterocycles.